The number of nitrogens with one attached hydrogen (secondary N) is 1. The van der Waals surface area contributed by atoms with E-state index < -0.39 is 9.84 Å². The molecule has 1 aromatic carbocycles. The Hall–Kier alpha value is -0.950. The Morgan fingerprint density at radius 2 is 1.94 bits per heavy atom. The molecule has 1 atom stereocenters. The lowest BCUT2D eigenvalue weighted by atomic mass is 10.0. The quantitative estimate of drug-likeness (QED) is 0.440. The van der Waals surface area contributed by atoms with Gasteiger partial charge in [0.1, 0.15) is 0 Å². The minimum atomic E-state index is -3.14. The number of nitrogens with two attached hydrogens (primary N) is 1. The molecule has 0 aliphatic heterocycles. The second kappa shape index (κ2) is 6.84. The number of ether oxygens (including phenoxy) is 1. The van der Waals surface area contributed by atoms with E-state index in [0.29, 0.717) is 11.5 Å². The van der Waals surface area contributed by atoms with Gasteiger partial charge in [0.2, 0.25) is 0 Å². The normalized spacial score (nSPS) is 13.5. The maximum Gasteiger partial charge on any atom is 0.175 e. The third-order valence-electron chi connectivity index (χ3n) is 2.75. The third kappa shape index (κ3) is 4.38. The minimum Gasteiger partial charge on any atom is -0.385 e. The molecule has 0 spiro atoms. The first kappa shape index (κ1) is 15.1. The molecule has 1 rings (SSSR count). The number of rotatable bonds is 7. The SMILES string of the molecule is COCCCC(NN)c1ccc(S(C)(=O)=O)cc1. The van der Waals surface area contributed by atoms with Gasteiger partial charge in [0.15, 0.2) is 9.84 Å². The summed E-state index contributed by atoms with van der Waals surface area (Å²) in [6, 6.07) is 6.78. The lowest BCUT2D eigenvalue weighted by Crippen LogP contribution is -2.28. The Bertz CT molecular complexity index is 457. The predicted molar refractivity (Wildman–Crippen MR) is 70.7 cm³/mol. The molecule has 0 radical (unpaired) electrons. The number of methoxy groups -OCH3 is 1. The first-order chi connectivity index (χ1) is 8.49. The van der Waals surface area contributed by atoms with Gasteiger partial charge in [0.25, 0.3) is 0 Å². The van der Waals surface area contributed by atoms with Crippen molar-refractivity contribution < 1.29 is 13.2 Å². The predicted octanol–water partition coefficient (Wildman–Crippen LogP) is 1.02. The van der Waals surface area contributed by atoms with Crippen LogP contribution >= 0.6 is 0 Å². The molecule has 102 valence electrons. The number of hydrazine groups is 1. The maximum atomic E-state index is 11.3. The van der Waals surface area contributed by atoms with Crippen molar-refractivity contribution in [3.63, 3.8) is 0 Å². The average Bonchev–Trinajstić information content (AvgIpc) is 2.34. The zero-order chi connectivity index (χ0) is 13.6. The molecule has 18 heavy (non-hydrogen) atoms. The van der Waals surface area contributed by atoms with Crippen LogP contribution < -0.4 is 11.3 Å². The Labute approximate surface area is 108 Å². The van der Waals surface area contributed by atoms with E-state index in [1.165, 1.54) is 6.26 Å². The van der Waals surface area contributed by atoms with Crippen LogP contribution in [0.3, 0.4) is 0 Å². The van der Waals surface area contributed by atoms with Crippen LogP contribution in [-0.4, -0.2) is 28.4 Å². The van der Waals surface area contributed by atoms with Crippen LogP contribution in [0.2, 0.25) is 0 Å². The van der Waals surface area contributed by atoms with Crippen LogP contribution in [0, 0.1) is 0 Å². The molecule has 0 heterocycles. The van der Waals surface area contributed by atoms with Crippen molar-refractivity contribution in [1.82, 2.24) is 5.43 Å². The molecule has 3 N–H and O–H groups in total. The van der Waals surface area contributed by atoms with E-state index in [9.17, 15) is 8.42 Å². The largest absolute Gasteiger partial charge is 0.385 e. The summed E-state index contributed by atoms with van der Waals surface area (Å²) in [5, 5.41) is 0. The van der Waals surface area contributed by atoms with E-state index in [1.807, 2.05) is 0 Å². The highest BCUT2D eigenvalue weighted by Crippen LogP contribution is 2.19. The first-order valence-corrected chi connectivity index (χ1v) is 7.63. The van der Waals surface area contributed by atoms with Crippen LogP contribution in [-0.2, 0) is 14.6 Å². The zero-order valence-corrected chi connectivity index (χ0v) is 11.5. The molecule has 0 aliphatic rings. The van der Waals surface area contributed by atoms with E-state index >= 15 is 0 Å². The number of hydrogen-bond acceptors (Lipinski definition) is 5. The molecule has 0 aliphatic carbocycles. The van der Waals surface area contributed by atoms with Crippen molar-refractivity contribution in [2.75, 3.05) is 20.0 Å². The Kier molecular flexibility index (Phi) is 5.74. The van der Waals surface area contributed by atoms with Gasteiger partial charge in [0.05, 0.1) is 4.90 Å². The summed E-state index contributed by atoms with van der Waals surface area (Å²) in [7, 11) is -1.49. The summed E-state index contributed by atoms with van der Waals surface area (Å²) in [6.07, 6.45) is 2.92. The molecule has 1 unspecified atom stereocenters. The van der Waals surface area contributed by atoms with Gasteiger partial charge in [-0.2, -0.15) is 0 Å². The molecule has 0 saturated carbocycles. The molecular formula is C12H20N2O3S. The lowest BCUT2D eigenvalue weighted by Gasteiger charge is -2.16. The third-order valence-corrected chi connectivity index (χ3v) is 3.88. The van der Waals surface area contributed by atoms with E-state index in [-0.39, 0.29) is 6.04 Å². The van der Waals surface area contributed by atoms with Crippen molar-refractivity contribution >= 4 is 9.84 Å². The van der Waals surface area contributed by atoms with Crippen molar-refractivity contribution in [2.24, 2.45) is 5.84 Å². The minimum absolute atomic E-state index is 0.00811. The molecule has 0 amide bonds. The molecular weight excluding hydrogens is 252 g/mol. The number of hydrogen-bond donors (Lipinski definition) is 2. The van der Waals surface area contributed by atoms with Crippen molar-refractivity contribution in [3.05, 3.63) is 29.8 Å². The van der Waals surface area contributed by atoms with Crippen molar-refractivity contribution in [2.45, 2.75) is 23.8 Å². The van der Waals surface area contributed by atoms with Crippen LogP contribution in [0.4, 0.5) is 0 Å². The van der Waals surface area contributed by atoms with Gasteiger partial charge in [-0.3, -0.25) is 11.3 Å². The van der Waals surface area contributed by atoms with Gasteiger partial charge in [-0.1, -0.05) is 12.1 Å². The van der Waals surface area contributed by atoms with Gasteiger partial charge in [-0.05, 0) is 30.5 Å². The maximum absolute atomic E-state index is 11.3. The smallest absolute Gasteiger partial charge is 0.175 e. The molecule has 6 heteroatoms. The van der Waals surface area contributed by atoms with Crippen LogP contribution in [0.1, 0.15) is 24.4 Å². The number of benzene rings is 1. The summed E-state index contributed by atoms with van der Waals surface area (Å²) in [6.45, 7) is 0.680. The van der Waals surface area contributed by atoms with Crippen molar-refractivity contribution in [1.29, 1.82) is 0 Å². The summed E-state index contributed by atoms with van der Waals surface area (Å²) < 4.78 is 27.7. The highest BCUT2D eigenvalue weighted by molar-refractivity contribution is 7.90. The second-order valence-corrected chi connectivity index (χ2v) is 6.21. The van der Waals surface area contributed by atoms with Crippen molar-refractivity contribution in [3.8, 4) is 0 Å². The number of sulfone groups is 1. The fourth-order valence-electron chi connectivity index (χ4n) is 1.73. The topological polar surface area (TPSA) is 81.4 Å². The van der Waals surface area contributed by atoms with Gasteiger partial charge in [-0.25, -0.2) is 8.42 Å². The molecule has 0 saturated heterocycles. The van der Waals surface area contributed by atoms with Gasteiger partial charge >= 0.3 is 0 Å². The van der Waals surface area contributed by atoms with E-state index in [1.54, 1.807) is 31.4 Å². The summed E-state index contributed by atoms with van der Waals surface area (Å²) in [5.74, 6) is 5.50. The molecule has 0 bridgehead atoms. The highest BCUT2D eigenvalue weighted by atomic mass is 32.2. The second-order valence-electron chi connectivity index (χ2n) is 4.20. The molecule has 5 nitrogen and oxygen atoms in total. The Morgan fingerprint density at radius 1 is 1.33 bits per heavy atom. The molecule has 0 aromatic heterocycles. The van der Waals surface area contributed by atoms with Crippen LogP contribution in [0.5, 0.6) is 0 Å². The lowest BCUT2D eigenvalue weighted by molar-refractivity contribution is 0.189. The average molecular weight is 272 g/mol. The van der Waals surface area contributed by atoms with E-state index in [0.717, 1.165) is 18.4 Å². The first-order valence-electron chi connectivity index (χ1n) is 5.74. The highest BCUT2D eigenvalue weighted by Gasteiger charge is 2.11. The standard InChI is InChI=1S/C12H20N2O3S/c1-17-9-3-4-12(14-13)10-5-7-11(8-6-10)18(2,15)16/h5-8,12,14H,3-4,9,13H2,1-2H3. The van der Waals surface area contributed by atoms with Gasteiger partial charge in [-0.15, -0.1) is 0 Å². The monoisotopic (exact) mass is 272 g/mol. The fourth-order valence-corrected chi connectivity index (χ4v) is 2.36. The van der Waals surface area contributed by atoms with Gasteiger partial charge < -0.3 is 4.74 Å². The molecule has 1 aromatic rings. The van der Waals surface area contributed by atoms with Gasteiger partial charge in [0, 0.05) is 26.0 Å². The zero-order valence-electron chi connectivity index (χ0n) is 10.7. The Morgan fingerprint density at radius 3 is 2.39 bits per heavy atom. The fraction of sp³-hybridized carbons (Fsp3) is 0.500. The van der Waals surface area contributed by atoms with Crippen LogP contribution in [0.25, 0.3) is 0 Å². The van der Waals surface area contributed by atoms with Crippen LogP contribution in [0.15, 0.2) is 29.2 Å². The summed E-state index contributed by atoms with van der Waals surface area (Å²) in [5.41, 5.74) is 3.70. The summed E-state index contributed by atoms with van der Waals surface area (Å²) in [4.78, 5) is 0.318. The van der Waals surface area contributed by atoms with E-state index in [2.05, 4.69) is 5.43 Å². The Balaban J connectivity index is 2.76. The summed E-state index contributed by atoms with van der Waals surface area (Å²) >= 11 is 0. The molecule has 0 fully saturated rings. The van der Waals surface area contributed by atoms with E-state index in [4.69, 9.17) is 10.6 Å².